The Morgan fingerprint density at radius 3 is 1.88 bits per heavy atom. The monoisotopic (exact) mass is 454 g/mol. The topological polar surface area (TPSA) is 77.4 Å². The fourth-order valence-electron chi connectivity index (χ4n) is 3.87. The highest BCUT2D eigenvalue weighted by molar-refractivity contribution is 5.96. The maximum atomic E-state index is 10.3. The predicted octanol–water partition coefficient (Wildman–Crippen LogP) is 3.77. The summed E-state index contributed by atoms with van der Waals surface area (Å²) in [6.07, 6.45) is 5.44. The molecule has 0 fully saturated rings. The number of fused-ring (bicyclic) bond motifs is 2. The summed E-state index contributed by atoms with van der Waals surface area (Å²) >= 11 is 0. The van der Waals surface area contributed by atoms with Gasteiger partial charge in [0.25, 0.3) is 0 Å². The van der Waals surface area contributed by atoms with E-state index in [2.05, 4.69) is 26.2 Å². The van der Waals surface area contributed by atoms with Crippen molar-refractivity contribution in [3.8, 4) is 11.5 Å². The first-order chi connectivity index (χ1) is 16.0. The summed E-state index contributed by atoms with van der Waals surface area (Å²) in [6.45, 7) is 10.7. The van der Waals surface area contributed by atoms with Crippen molar-refractivity contribution in [1.29, 1.82) is 0 Å². The van der Waals surface area contributed by atoms with Gasteiger partial charge in [-0.3, -0.25) is 0 Å². The van der Waals surface area contributed by atoms with Crippen molar-refractivity contribution < 1.29 is 29.2 Å². The van der Waals surface area contributed by atoms with E-state index in [9.17, 15) is 10.2 Å². The fourth-order valence-corrected chi connectivity index (χ4v) is 3.87. The Balaban J connectivity index is 1.88. The summed E-state index contributed by atoms with van der Waals surface area (Å²) in [5.41, 5.74) is 3.35. The van der Waals surface area contributed by atoms with E-state index in [1.165, 1.54) is 5.57 Å². The van der Waals surface area contributed by atoms with Gasteiger partial charge in [-0.1, -0.05) is 48.1 Å². The molecule has 2 atom stereocenters. The second-order valence-electron chi connectivity index (χ2n) is 8.17. The van der Waals surface area contributed by atoms with Crippen molar-refractivity contribution in [2.45, 2.75) is 32.0 Å². The summed E-state index contributed by atoms with van der Waals surface area (Å²) in [5, 5.41) is 22.4. The van der Waals surface area contributed by atoms with Crippen LogP contribution in [0.5, 0.6) is 11.5 Å². The lowest BCUT2D eigenvalue weighted by molar-refractivity contribution is 0.0208. The molecular formula is C27H34O6. The SMILES string of the molecule is C=CCOCC(O)COc1c2c(c(OCC(O)COCC=C)c3ccccc13)CC(C)=CC2. The van der Waals surface area contributed by atoms with Gasteiger partial charge in [-0.15, -0.1) is 13.2 Å². The third kappa shape index (κ3) is 6.68. The van der Waals surface area contributed by atoms with Crippen LogP contribution in [0.2, 0.25) is 0 Å². The van der Waals surface area contributed by atoms with E-state index in [1.54, 1.807) is 12.2 Å². The van der Waals surface area contributed by atoms with Crippen LogP contribution in [0.25, 0.3) is 10.8 Å². The van der Waals surface area contributed by atoms with E-state index in [0.29, 0.717) is 19.6 Å². The molecule has 0 aliphatic heterocycles. The highest BCUT2D eigenvalue weighted by Gasteiger charge is 2.24. The average Bonchev–Trinajstić information content (AvgIpc) is 2.81. The second kappa shape index (κ2) is 12.6. The molecule has 0 radical (unpaired) electrons. The number of hydrogen-bond donors (Lipinski definition) is 2. The molecule has 0 heterocycles. The molecule has 0 saturated carbocycles. The maximum absolute atomic E-state index is 10.3. The molecular weight excluding hydrogens is 420 g/mol. The Hall–Kier alpha value is -2.64. The van der Waals surface area contributed by atoms with Crippen molar-refractivity contribution in [3.05, 3.63) is 72.4 Å². The van der Waals surface area contributed by atoms with Crippen molar-refractivity contribution >= 4 is 10.8 Å². The van der Waals surface area contributed by atoms with Crippen LogP contribution in [0.15, 0.2) is 61.2 Å². The van der Waals surface area contributed by atoms with Crippen molar-refractivity contribution in [2.24, 2.45) is 0 Å². The van der Waals surface area contributed by atoms with E-state index in [1.807, 2.05) is 24.3 Å². The minimum atomic E-state index is -0.749. The van der Waals surface area contributed by atoms with E-state index >= 15 is 0 Å². The molecule has 0 amide bonds. The molecule has 0 spiro atoms. The van der Waals surface area contributed by atoms with Gasteiger partial charge in [0.15, 0.2) is 0 Å². The van der Waals surface area contributed by atoms with E-state index in [0.717, 1.165) is 39.8 Å². The Morgan fingerprint density at radius 1 is 0.848 bits per heavy atom. The number of ether oxygens (including phenoxy) is 4. The summed E-state index contributed by atoms with van der Waals surface area (Å²) in [4.78, 5) is 0. The molecule has 33 heavy (non-hydrogen) atoms. The summed E-state index contributed by atoms with van der Waals surface area (Å²) in [6, 6.07) is 7.90. The van der Waals surface area contributed by atoms with Gasteiger partial charge < -0.3 is 29.2 Å². The van der Waals surface area contributed by atoms with Crippen LogP contribution >= 0.6 is 0 Å². The maximum Gasteiger partial charge on any atom is 0.131 e. The zero-order valence-electron chi connectivity index (χ0n) is 19.3. The third-order valence-corrected chi connectivity index (χ3v) is 5.37. The van der Waals surface area contributed by atoms with Crippen LogP contribution in [-0.4, -0.2) is 62.1 Å². The van der Waals surface area contributed by atoms with Crippen molar-refractivity contribution in [3.63, 3.8) is 0 Å². The Labute approximate surface area is 195 Å². The summed E-state index contributed by atoms with van der Waals surface area (Å²) in [7, 11) is 0. The number of aliphatic hydroxyl groups is 2. The summed E-state index contributed by atoms with van der Waals surface area (Å²) in [5.74, 6) is 1.52. The molecule has 6 heteroatoms. The number of allylic oxidation sites excluding steroid dienone is 2. The smallest absolute Gasteiger partial charge is 0.131 e. The number of hydrogen-bond acceptors (Lipinski definition) is 6. The van der Waals surface area contributed by atoms with Gasteiger partial charge in [0, 0.05) is 21.9 Å². The zero-order valence-corrected chi connectivity index (χ0v) is 19.3. The molecule has 0 bridgehead atoms. The fraction of sp³-hybridized carbons (Fsp3) is 0.407. The molecule has 2 unspecified atom stereocenters. The molecule has 2 N–H and O–H groups in total. The van der Waals surface area contributed by atoms with Crippen LogP contribution in [0, 0.1) is 0 Å². The van der Waals surface area contributed by atoms with Crippen LogP contribution in [0.1, 0.15) is 18.1 Å². The van der Waals surface area contributed by atoms with Crippen LogP contribution in [0.3, 0.4) is 0 Å². The predicted molar refractivity (Wildman–Crippen MR) is 130 cm³/mol. The quantitative estimate of drug-likeness (QED) is 0.334. The molecule has 2 aromatic carbocycles. The first-order valence-electron chi connectivity index (χ1n) is 11.3. The molecule has 178 valence electrons. The molecule has 1 aliphatic rings. The lowest BCUT2D eigenvalue weighted by Crippen LogP contribution is -2.25. The molecule has 2 aromatic rings. The lowest BCUT2D eigenvalue weighted by Gasteiger charge is -2.26. The third-order valence-electron chi connectivity index (χ3n) is 5.37. The zero-order chi connectivity index (χ0) is 23.6. The second-order valence-corrected chi connectivity index (χ2v) is 8.17. The van der Waals surface area contributed by atoms with Gasteiger partial charge in [0.2, 0.25) is 0 Å². The average molecular weight is 455 g/mol. The highest BCUT2D eigenvalue weighted by atomic mass is 16.5. The minimum Gasteiger partial charge on any atom is -0.490 e. The highest BCUT2D eigenvalue weighted by Crippen LogP contribution is 2.44. The number of aliphatic hydroxyl groups excluding tert-OH is 2. The van der Waals surface area contributed by atoms with E-state index in [4.69, 9.17) is 18.9 Å². The Morgan fingerprint density at radius 2 is 1.36 bits per heavy atom. The van der Waals surface area contributed by atoms with Crippen LogP contribution in [-0.2, 0) is 22.3 Å². The van der Waals surface area contributed by atoms with Crippen molar-refractivity contribution in [2.75, 3.05) is 39.6 Å². The molecule has 1 aliphatic carbocycles. The minimum absolute atomic E-state index is 0.121. The van der Waals surface area contributed by atoms with Crippen LogP contribution in [0.4, 0.5) is 0 Å². The van der Waals surface area contributed by atoms with Gasteiger partial charge in [-0.05, 0) is 19.8 Å². The molecule has 0 aromatic heterocycles. The standard InChI is InChI=1S/C27H34O6/c1-4-12-30-15-20(28)17-32-26-22-8-6-7-9-23(22)27(25-14-19(3)10-11-24(25)26)33-18-21(29)16-31-13-5-2/h4-10,20-21,28-29H,1-2,11-18H2,3H3. The Kier molecular flexibility index (Phi) is 9.51. The molecule has 0 saturated heterocycles. The Bertz CT molecular complexity index is 980. The largest absolute Gasteiger partial charge is 0.490 e. The van der Waals surface area contributed by atoms with E-state index in [-0.39, 0.29) is 26.4 Å². The lowest BCUT2D eigenvalue weighted by atomic mass is 9.87. The molecule has 6 nitrogen and oxygen atoms in total. The van der Waals surface area contributed by atoms with Gasteiger partial charge in [0.05, 0.1) is 26.4 Å². The first kappa shape index (κ1) is 25.0. The van der Waals surface area contributed by atoms with Gasteiger partial charge in [-0.25, -0.2) is 0 Å². The summed E-state index contributed by atoms with van der Waals surface area (Å²) < 4.78 is 23.0. The number of rotatable bonds is 14. The van der Waals surface area contributed by atoms with Gasteiger partial charge >= 0.3 is 0 Å². The van der Waals surface area contributed by atoms with Gasteiger partial charge in [0.1, 0.15) is 36.9 Å². The molecule has 3 rings (SSSR count). The first-order valence-corrected chi connectivity index (χ1v) is 11.3. The normalized spacial score (nSPS) is 14.8. The van der Waals surface area contributed by atoms with Gasteiger partial charge in [-0.2, -0.15) is 0 Å². The van der Waals surface area contributed by atoms with E-state index < -0.39 is 12.2 Å². The van der Waals surface area contributed by atoms with Crippen LogP contribution < -0.4 is 9.47 Å². The number of benzene rings is 2. The van der Waals surface area contributed by atoms with Crippen molar-refractivity contribution in [1.82, 2.24) is 0 Å².